The van der Waals surface area contributed by atoms with Gasteiger partial charge in [0, 0.05) is 5.56 Å². The van der Waals surface area contributed by atoms with E-state index in [4.69, 9.17) is 0 Å². The zero-order valence-electron chi connectivity index (χ0n) is 5.57. The largest absolute Gasteiger partial charge is 0.206 e. The van der Waals surface area contributed by atoms with Crippen molar-refractivity contribution in [2.24, 2.45) is 0 Å². The van der Waals surface area contributed by atoms with Gasteiger partial charge in [0.1, 0.15) is 11.6 Å². The molecule has 0 bridgehead atoms. The summed E-state index contributed by atoms with van der Waals surface area (Å²) < 4.78 is 25.6. The van der Waals surface area contributed by atoms with E-state index in [0.717, 1.165) is 12.1 Å². The summed E-state index contributed by atoms with van der Waals surface area (Å²) in [4.78, 5) is 0. The molecule has 0 amide bonds. The van der Waals surface area contributed by atoms with Crippen LogP contribution in [-0.4, -0.2) is 0 Å². The molecule has 0 unspecified atom stereocenters. The molecule has 11 heavy (non-hydrogen) atoms. The van der Waals surface area contributed by atoms with E-state index in [2.05, 4.69) is 22.5 Å². The molecule has 0 fully saturated rings. The molecule has 0 atom stereocenters. The highest BCUT2D eigenvalue weighted by Crippen LogP contribution is 2.20. The van der Waals surface area contributed by atoms with Crippen LogP contribution in [0, 0.1) is 11.6 Å². The standard InChI is InChI=1S/C8H5BrF2/c1-2-5-3-8(11)6(9)4-7(5)10/h2-4H,1H2. The summed E-state index contributed by atoms with van der Waals surface area (Å²) >= 11 is 2.86. The minimum atomic E-state index is -0.485. The lowest BCUT2D eigenvalue weighted by Gasteiger charge is -1.98. The van der Waals surface area contributed by atoms with Crippen LogP contribution in [0.25, 0.3) is 6.08 Å². The highest BCUT2D eigenvalue weighted by molar-refractivity contribution is 9.10. The van der Waals surface area contributed by atoms with E-state index in [1.54, 1.807) is 0 Å². The van der Waals surface area contributed by atoms with Crippen LogP contribution in [0.2, 0.25) is 0 Å². The number of rotatable bonds is 1. The van der Waals surface area contributed by atoms with Crippen LogP contribution >= 0.6 is 15.9 Å². The highest BCUT2D eigenvalue weighted by atomic mass is 79.9. The lowest BCUT2D eigenvalue weighted by Crippen LogP contribution is -1.85. The van der Waals surface area contributed by atoms with Crippen molar-refractivity contribution >= 4 is 22.0 Å². The summed E-state index contributed by atoms with van der Waals surface area (Å²) in [5.41, 5.74) is 0.172. The first-order valence-electron chi connectivity index (χ1n) is 2.92. The Morgan fingerprint density at radius 2 is 1.91 bits per heavy atom. The average molecular weight is 219 g/mol. The summed E-state index contributed by atoms with van der Waals surface area (Å²) in [6, 6.07) is 2.17. The van der Waals surface area contributed by atoms with Crippen molar-refractivity contribution in [3.8, 4) is 0 Å². The van der Waals surface area contributed by atoms with E-state index in [9.17, 15) is 8.78 Å². The molecule has 0 N–H and O–H groups in total. The van der Waals surface area contributed by atoms with Crippen LogP contribution in [0.1, 0.15) is 5.56 Å². The van der Waals surface area contributed by atoms with E-state index in [1.807, 2.05) is 0 Å². The average Bonchev–Trinajstić information content (AvgIpc) is 1.97. The molecule has 0 radical (unpaired) electrons. The van der Waals surface area contributed by atoms with Crippen molar-refractivity contribution in [3.63, 3.8) is 0 Å². The van der Waals surface area contributed by atoms with Gasteiger partial charge >= 0.3 is 0 Å². The quantitative estimate of drug-likeness (QED) is 0.635. The normalized spacial score (nSPS) is 9.73. The molecule has 1 aromatic rings. The second kappa shape index (κ2) is 3.13. The summed E-state index contributed by atoms with van der Waals surface area (Å²) in [5, 5.41) is 0. The van der Waals surface area contributed by atoms with Crippen molar-refractivity contribution in [2.45, 2.75) is 0 Å². The van der Waals surface area contributed by atoms with Gasteiger partial charge in [-0.1, -0.05) is 12.7 Å². The van der Waals surface area contributed by atoms with Gasteiger partial charge in [-0.3, -0.25) is 0 Å². The van der Waals surface area contributed by atoms with Crippen LogP contribution in [0.3, 0.4) is 0 Å². The minimum absolute atomic E-state index is 0.126. The fourth-order valence-electron chi connectivity index (χ4n) is 0.694. The molecule has 0 aliphatic rings. The topological polar surface area (TPSA) is 0 Å². The molecule has 1 aromatic carbocycles. The monoisotopic (exact) mass is 218 g/mol. The van der Waals surface area contributed by atoms with Crippen molar-refractivity contribution in [1.29, 1.82) is 0 Å². The minimum Gasteiger partial charge on any atom is -0.206 e. The second-order valence-corrected chi connectivity index (χ2v) is 2.85. The predicted octanol–water partition coefficient (Wildman–Crippen LogP) is 3.37. The molecule has 0 aliphatic carbocycles. The summed E-state index contributed by atoms with van der Waals surface area (Å²) in [5.74, 6) is -0.963. The van der Waals surface area contributed by atoms with Gasteiger partial charge in [-0.2, -0.15) is 0 Å². The fraction of sp³-hybridized carbons (Fsp3) is 0. The Balaban J connectivity index is 3.31. The van der Waals surface area contributed by atoms with E-state index in [1.165, 1.54) is 6.08 Å². The number of hydrogen-bond acceptors (Lipinski definition) is 0. The summed E-state index contributed by atoms with van der Waals surface area (Å²) in [6.45, 7) is 3.34. The van der Waals surface area contributed by atoms with Crippen LogP contribution in [0.4, 0.5) is 8.78 Å². The Morgan fingerprint density at radius 1 is 1.27 bits per heavy atom. The van der Waals surface area contributed by atoms with Crippen LogP contribution in [-0.2, 0) is 0 Å². The molecule has 0 heterocycles. The summed E-state index contributed by atoms with van der Waals surface area (Å²) in [7, 11) is 0. The maximum atomic E-state index is 12.8. The zero-order chi connectivity index (χ0) is 8.43. The number of hydrogen-bond donors (Lipinski definition) is 0. The smallest absolute Gasteiger partial charge is 0.138 e. The van der Waals surface area contributed by atoms with Gasteiger partial charge in [-0.25, -0.2) is 8.78 Å². The molecule has 58 valence electrons. The van der Waals surface area contributed by atoms with Crippen molar-refractivity contribution in [1.82, 2.24) is 0 Å². The molecule has 0 aliphatic heterocycles. The first kappa shape index (κ1) is 8.40. The molecular weight excluding hydrogens is 214 g/mol. The third kappa shape index (κ3) is 1.66. The van der Waals surface area contributed by atoms with Crippen molar-refractivity contribution < 1.29 is 8.78 Å². The zero-order valence-corrected chi connectivity index (χ0v) is 7.16. The lowest BCUT2D eigenvalue weighted by atomic mass is 10.2. The van der Waals surface area contributed by atoms with Gasteiger partial charge in [0.25, 0.3) is 0 Å². The van der Waals surface area contributed by atoms with E-state index < -0.39 is 11.6 Å². The second-order valence-electron chi connectivity index (χ2n) is 1.99. The third-order valence-corrected chi connectivity index (χ3v) is 1.87. The Kier molecular flexibility index (Phi) is 2.39. The SMILES string of the molecule is C=Cc1cc(F)c(Br)cc1F. The van der Waals surface area contributed by atoms with Crippen LogP contribution < -0.4 is 0 Å². The molecule has 0 nitrogen and oxygen atoms in total. The Labute approximate surface area is 71.7 Å². The van der Waals surface area contributed by atoms with Gasteiger partial charge in [0.15, 0.2) is 0 Å². The van der Waals surface area contributed by atoms with E-state index >= 15 is 0 Å². The van der Waals surface area contributed by atoms with Crippen LogP contribution in [0.5, 0.6) is 0 Å². The van der Waals surface area contributed by atoms with Crippen molar-refractivity contribution in [3.05, 3.63) is 40.4 Å². The maximum absolute atomic E-state index is 12.8. The fourth-order valence-corrected chi connectivity index (χ4v) is 1.01. The lowest BCUT2D eigenvalue weighted by molar-refractivity contribution is 0.592. The van der Waals surface area contributed by atoms with E-state index in [-0.39, 0.29) is 10.0 Å². The van der Waals surface area contributed by atoms with Gasteiger partial charge in [0.05, 0.1) is 4.47 Å². The first-order valence-corrected chi connectivity index (χ1v) is 3.71. The van der Waals surface area contributed by atoms with Gasteiger partial charge in [0.2, 0.25) is 0 Å². The number of benzene rings is 1. The predicted molar refractivity (Wildman–Crippen MR) is 44.1 cm³/mol. The Morgan fingerprint density at radius 3 is 2.45 bits per heavy atom. The molecule has 3 heteroatoms. The first-order chi connectivity index (χ1) is 5.15. The molecule has 0 saturated heterocycles. The molecular formula is C8H5BrF2. The maximum Gasteiger partial charge on any atom is 0.138 e. The van der Waals surface area contributed by atoms with Crippen LogP contribution in [0.15, 0.2) is 23.2 Å². The van der Waals surface area contributed by atoms with Gasteiger partial charge in [-0.05, 0) is 28.1 Å². The Bertz CT molecular complexity index is 294. The van der Waals surface area contributed by atoms with E-state index in [0.29, 0.717) is 0 Å². The Hall–Kier alpha value is -0.700. The third-order valence-electron chi connectivity index (χ3n) is 1.26. The van der Waals surface area contributed by atoms with Crippen molar-refractivity contribution in [2.75, 3.05) is 0 Å². The van der Waals surface area contributed by atoms with Gasteiger partial charge in [-0.15, -0.1) is 0 Å². The molecule has 0 saturated carbocycles. The van der Waals surface area contributed by atoms with Gasteiger partial charge < -0.3 is 0 Å². The summed E-state index contributed by atoms with van der Waals surface area (Å²) in [6.07, 6.45) is 1.27. The number of halogens is 3. The molecule has 0 spiro atoms. The molecule has 0 aromatic heterocycles. The highest BCUT2D eigenvalue weighted by Gasteiger charge is 2.04. The molecule has 1 rings (SSSR count).